The predicted octanol–water partition coefficient (Wildman–Crippen LogP) is 3.60. The van der Waals surface area contributed by atoms with Gasteiger partial charge in [-0.2, -0.15) is 0 Å². The van der Waals surface area contributed by atoms with Crippen molar-refractivity contribution in [1.82, 2.24) is 20.3 Å². The fourth-order valence-corrected chi connectivity index (χ4v) is 3.68. The number of aromatic nitrogens is 3. The SMILES string of the molecule is O=C(NCCCn1ccnn1)C1(c2ccc(Cl)c(Cl)c2)CCCC1. The van der Waals surface area contributed by atoms with Gasteiger partial charge in [0.25, 0.3) is 0 Å². The Balaban J connectivity index is 1.65. The van der Waals surface area contributed by atoms with E-state index in [-0.39, 0.29) is 5.91 Å². The third-order valence-electron chi connectivity index (χ3n) is 4.69. The molecule has 0 atom stereocenters. The first-order valence-electron chi connectivity index (χ1n) is 8.20. The Morgan fingerprint density at radius 2 is 2.04 bits per heavy atom. The van der Waals surface area contributed by atoms with Crippen molar-refractivity contribution in [2.75, 3.05) is 6.54 Å². The maximum absolute atomic E-state index is 12.9. The zero-order valence-electron chi connectivity index (χ0n) is 13.3. The minimum absolute atomic E-state index is 0.0805. The normalized spacial score (nSPS) is 16.2. The molecule has 3 rings (SSSR count). The zero-order chi connectivity index (χ0) is 17.0. The number of aryl methyl sites for hydroxylation is 1. The highest BCUT2D eigenvalue weighted by molar-refractivity contribution is 6.42. The Bertz CT molecular complexity index is 697. The summed E-state index contributed by atoms with van der Waals surface area (Å²) in [5.41, 5.74) is 0.477. The first-order valence-corrected chi connectivity index (χ1v) is 8.95. The molecule has 1 N–H and O–H groups in total. The summed E-state index contributed by atoms with van der Waals surface area (Å²) < 4.78 is 1.76. The molecule has 1 aliphatic rings. The number of hydrogen-bond acceptors (Lipinski definition) is 3. The van der Waals surface area contributed by atoms with Crippen molar-refractivity contribution in [2.45, 2.75) is 44.1 Å². The Morgan fingerprint density at radius 1 is 1.25 bits per heavy atom. The van der Waals surface area contributed by atoms with Crippen LogP contribution in [0.1, 0.15) is 37.7 Å². The maximum Gasteiger partial charge on any atom is 0.230 e. The lowest BCUT2D eigenvalue weighted by Crippen LogP contribution is -2.43. The number of amides is 1. The summed E-state index contributed by atoms with van der Waals surface area (Å²) >= 11 is 12.2. The Kier molecular flexibility index (Phi) is 5.41. The van der Waals surface area contributed by atoms with Gasteiger partial charge in [0.2, 0.25) is 5.91 Å². The van der Waals surface area contributed by atoms with Crippen molar-refractivity contribution in [2.24, 2.45) is 0 Å². The summed E-state index contributed by atoms with van der Waals surface area (Å²) in [7, 11) is 0. The molecule has 1 saturated carbocycles. The number of halogens is 2. The number of hydrogen-bond donors (Lipinski definition) is 1. The number of carbonyl (C=O) groups excluding carboxylic acids is 1. The number of nitrogens with one attached hydrogen (secondary N) is 1. The molecule has 1 aliphatic carbocycles. The standard InChI is InChI=1S/C17H20Cl2N4O/c18-14-5-4-13(12-15(14)19)17(6-1-2-7-17)16(24)20-8-3-10-23-11-9-21-22-23/h4-5,9,11-12H,1-3,6-8,10H2,(H,20,24). The minimum atomic E-state index is -0.485. The molecule has 1 heterocycles. The van der Waals surface area contributed by atoms with Crippen LogP contribution in [0.5, 0.6) is 0 Å². The van der Waals surface area contributed by atoms with Crippen molar-refractivity contribution in [3.8, 4) is 0 Å². The summed E-state index contributed by atoms with van der Waals surface area (Å²) in [6, 6.07) is 5.54. The van der Waals surface area contributed by atoms with Gasteiger partial charge in [0.1, 0.15) is 0 Å². The summed E-state index contributed by atoms with van der Waals surface area (Å²) in [5.74, 6) is 0.0805. The molecule has 1 aromatic heterocycles. The average molecular weight is 367 g/mol. The van der Waals surface area contributed by atoms with Crippen molar-refractivity contribution in [3.63, 3.8) is 0 Å². The van der Waals surface area contributed by atoms with Gasteiger partial charge in [0, 0.05) is 19.3 Å². The van der Waals surface area contributed by atoms with Gasteiger partial charge in [0.05, 0.1) is 21.7 Å². The molecule has 7 heteroatoms. The lowest BCUT2D eigenvalue weighted by Gasteiger charge is -2.28. The highest BCUT2D eigenvalue weighted by Crippen LogP contribution is 2.42. The maximum atomic E-state index is 12.9. The van der Waals surface area contributed by atoms with E-state index in [0.717, 1.165) is 44.2 Å². The van der Waals surface area contributed by atoms with Crippen LogP contribution in [-0.4, -0.2) is 27.4 Å². The molecule has 0 unspecified atom stereocenters. The van der Waals surface area contributed by atoms with Crippen LogP contribution in [0.25, 0.3) is 0 Å². The quantitative estimate of drug-likeness (QED) is 0.794. The van der Waals surface area contributed by atoms with E-state index in [4.69, 9.17) is 23.2 Å². The van der Waals surface area contributed by atoms with Crippen molar-refractivity contribution >= 4 is 29.1 Å². The molecule has 0 radical (unpaired) electrons. The Morgan fingerprint density at radius 3 is 2.71 bits per heavy atom. The summed E-state index contributed by atoms with van der Waals surface area (Å²) in [6.45, 7) is 1.35. The molecule has 1 aromatic carbocycles. The predicted molar refractivity (Wildman–Crippen MR) is 94.3 cm³/mol. The second-order valence-electron chi connectivity index (χ2n) is 6.19. The van der Waals surface area contributed by atoms with Gasteiger partial charge in [0.15, 0.2) is 0 Å². The van der Waals surface area contributed by atoms with E-state index in [1.807, 2.05) is 18.3 Å². The largest absolute Gasteiger partial charge is 0.355 e. The van der Waals surface area contributed by atoms with E-state index < -0.39 is 5.41 Å². The lowest BCUT2D eigenvalue weighted by atomic mass is 9.78. The second-order valence-corrected chi connectivity index (χ2v) is 7.01. The molecular weight excluding hydrogens is 347 g/mol. The average Bonchev–Trinajstić information content (AvgIpc) is 3.26. The number of nitrogens with zero attached hydrogens (tertiary/aromatic N) is 3. The topological polar surface area (TPSA) is 59.8 Å². The van der Waals surface area contributed by atoms with Gasteiger partial charge in [-0.05, 0) is 37.0 Å². The molecule has 24 heavy (non-hydrogen) atoms. The number of rotatable bonds is 6. The van der Waals surface area contributed by atoms with Crippen LogP contribution >= 0.6 is 23.2 Å². The van der Waals surface area contributed by atoms with Gasteiger partial charge in [-0.15, -0.1) is 5.10 Å². The van der Waals surface area contributed by atoms with Crippen molar-refractivity contribution in [3.05, 3.63) is 46.2 Å². The molecule has 128 valence electrons. The summed E-state index contributed by atoms with van der Waals surface area (Å²) in [5, 5.41) is 11.8. The van der Waals surface area contributed by atoms with Crippen LogP contribution in [0, 0.1) is 0 Å². The van der Waals surface area contributed by atoms with Gasteiger partial charge in [-0.3, -0.25) is 9.48 Å². The van der Waals surface area contributed by atoms with Crippen molar-refractivity contribution < 1.29 is 4.79 Å². The third-order valence-corrected chi connectivity index (χ3v) is 5.42. The van der Waals surface area contributed by atoms with E-state index in [1.54, 1.807) is 16.9 Å². The van der Waals surface area contributed by atoms with Gasteiger partial charge < -0.3 is 5.32 Å². The zero-order valence-corrected chi connectivity index (χ0v) is 14.9. The molecule has 2 aromatic rings. The fourth-order valence-electron chi connectivity index (χ4n) is 3.38. The van der Waals surface area contributed by atoms with Crippen LogP contribution in [0.3, 0.4) is 0 Å². The monoisotopic (exact) mass is 366 g/mol. The smallest absolute Gasteiger partial charge is 0.230 e. The molecule has 0 spiro atoms. The Labute approximate surface area is 151 Å². The van der Waals surface area contributed by atoms with Crippen LogP contribution in [0.2, 0.25) is 10.0 Å². The molecule has 0 aliphatic heterocycles. The first-order chi connectivity index (χ1) is 11.6. The minimum Gasteiger partial charge on any atom is -0.355 e. The lowest BCUT2D eigenvalue weighted by molar-refractivity contribution is -0.126. The molecule has 1 fully saturated rings. The molecule has 5 nitrogen and oxygen atoms in total. The summed E-state index contributed by atoms with van der Waals surface area (Å²) in [4.78, 5) is 12.9. The Hall–Kier alpha value is -1.59. The van der Waals surface area contributed by atoms with Gasteiger partial charge >= 0.3 is 0 Å². The van der Waals surface area contributed by atoms with E-state index in [0.29, 0.717) is 16.6 Å². The molecule has 1 amide bonds. The van der Waals surface area contributed by atoms with E-state index in [2.05, 4.69) is 15.6 Å². The second kappa shape index (κ2) is 7.53. The fraction of sp³-hybridized carbons (Fsp3) is 0.471. The van der Waals surface area contributed by atoms with E-state index in [9.17, 15) is 4.79 Å². The first kappa shape index (κ1) is 17.2. The molecular formula is C17H20Cl2N4O. The van der Waals surface area contributed by atoms with Crippen LogP contribution in [-0.2, 0) is 16.8 Å². The number of carbonyl (C=O) groups is 1. The highest BCUT2D eigenvalue weighted by Gasteiger charge is 2.42. The third kappa shape index (κ3) is 3.57. The highest BCUT2D eigenvalue weighted by atomic mass is 35.5. The summed E-state index contributed by atoms with van der Waals surface area (Å²) in [6.07, 6.45) is 8.07. The van der Waals surface area contributed by atoms with Crippen LogP contribution < -0.4 is 5.32 Å². The number of benzene rings is 1. The van der Waals surface area contributed by atoms with Crippen molar-refractivity contribution in [1.29, 1.82) is 0 Å². The van der Waals surface area contributed by atoms with Gasteiger partial charge in [-0.1, -0.05) is 47.3 Å². The molecule has 0 saturated heterocycles. The van der Waals surface area contributed by atoms with Gasteiger partial charge in [-0.25, -0.2) is 0 Å². The van der Waals surface area contributed by atoms with E-state index in [1.165, 1.54) is 0 Å². The van der Waals surface area contributed by atoms with Crippen LogP contribution in [0.4, 0.5) is 0 Å². The van der Waals surface area contributed by atoms with E-state index >= 15 is 0 Å². The van der Waals surface area contributed by atoms with Crippen LogP contribution in [0.15, 0.2) is 30.6 Å². The molecule has 0 bridgehead atoms.